The molecule has 10 heteroatoms. The molecule has 0 N–H and O–H groups in total. The summed E-state index contributed by atoms with van der Waals surface area (Å²) in [6.07, 6.45) is 1.90. The number of allylic oxidation sites excluding steroid dienone is 1. The van der Waals surface area contributed by atoms with Gasteiger partial charge in [-0.05, 0) is 87.4 Å². The van der Waals surface area contributed by atoms with Crippen molar-refractivity contribution >= 4 is 39.3 Å². The number of rotatable bonds is 7. The highest BCUT2D eigenvalue weighted by Crippen LogP contribution is 2.36. The van der Waals surface area contributed by atoms with E-state index in [-0.39, 0.29) is 12.2 Å². The Morgan fingerprint density at radius 2 is 1.76 bits per heavy atom. The highest BCUT2D eigenvalue weighted by molar-refractivity contribution is 9.10. The maximum absolute atomic E-state index is 14.1. The van der Waals surface area contributed by atoms with E-state index in [0.717, 1.165) is 27.1 Å². The van der Waals surface area contributed by atoms with Crippen LogP contribution < -0.4 is 24.4 Å². The zero-order chi connectivity index (χ0) is 29.4. The van der Waals surface area contributed by atoms with Crippen LogP contribution in [-0.2, 0) is 9.53 Å². The van der Waals surface area contributed by atoms with Gasteiger partial charge in [-0.25, -0.2) is 9.79 Å². The molecule has 41 heavy (non-hydrogen) atoms. The van der Waals surface area contributed by atoms with Gasteiger partial charge in [-0.3, -0.25) is 9.36 Å². The second-order valence-electron chi connectivity index (χ2n) is 9.55. The first-order chi connectivity index (χ1) is 19.7. The zero-order valence-corrected chi connectivity index (χ0v) is 26.1. The number of hydrogen-bond donors (Lipinski definition) is 0. The quantitative estimate of drug-likeness (QED) is 0.267. The maximum Gasteiger partial charge on any atom is 0.338 e. The predicted molar refractivity (Wildman–Crippen MR) is 163 cm³/mol. The summed E-state index contributed by atoms with van der Waals surface area (Å²) in [5.41, 5.74) is 5.28. The number of methoxy groups -OCH3 is 2. The fraction of sp³-hybridized carbons (Fsp3) is 0.258. The smallest absolute Gasteiger partial charge is 0.338 e. The number of ether oxygens (including phenoxy) is 3. The summed E-state index contributed by atoms with van der Waals surface area (Å²) in [6.45, 7) is 7.79. The van der Waals surface area contributed by atoms with Gasteiger partial charge in [0.05, 0.1) is 42.7 Å². The summed E-state index contributed by atoms with van der Waals surface area (Å²) in [5, 5.41) is 0. The van der Waals surface area contributed by atoms with Crippen LogP contribution in [0.5, 0.6) is 11.5 Å². The number of aromatic nitrogens is 2. The van der Waals surface area contributed by atoms with Crippen molar-refractivity contribution in [1.82, 2.24) is 9.13 Å². The summed E-state index contributed by atoms with van der Waals surface area (Å²) in [6, 6.07) is 14.8. The topological polar surface area (TPSA) is 84.1 Å². The predicted octanol–water partition coefficient (Wildman–Crippen LogP) is 4.99. The molecule has 0 saturated heterocycles. The molecule has 5 rings (SSSR count). The second-order valence-corrected chi connectivity index (χ2v) is 11.5. The molecule has 0 bridgehead atoms. The minimum Gasteiger partial charge on any atom is -0.493 e. The highest BCUT2D eigenvalue weighted by Gasteiger charge is 2.34. The lowest BCUT2D eigenvalue weighted by Crippen LogP contribution is -2.40. The SMILES string of the molecule is CCOC(=O)C1=C(C)N=c2s/c(=C/c3cc(C)n(-c4ccc(Br)cc4)c3C)c(=O)n2[C@@H]1c1ccc(OC)c(OC)c1. The largest absolute Gasteiger partial charge is 0.493 e. The third-order valence-electron chi connectivity index (χ3n) is 7.08. The minimum atomic E-state index is -0.748. The molecule has 0 unspecified atom stereocenters. The van der Waals surface area contributed by atoms with Crippen molar-refractivity contribution in [2.75, 3.05) is 20.8 Å². The molecule has 3 heterocycles. The summed E-state index contributed by atoms with van der Waals surface area (Å²) in [7, 11) is 3.10. The van der Waals surface area contributed by atoms with Gasteiger partial charge in [-0.2, -0.15) is 0 Å². The molecule has 2 aromatic heterocycles. The van der Waals surface area contributed by atoms with Crippen LogP contribution in [0.2, 0.25) is 0 Å². The van der Waals surface area contributed by atoms with E-state index in [0.29, 0.717) is 37.7 Å². The summed E-state index contributed by atoms with van der Waals surface area (Å²) in [5.74, 6) is 0.523. The molecular weight excluding hydrogens is 606 g/mol. The lowest BCUT2D eigenvalue weighted by molar-refractivity contribution is -0.139. The van der Waals surface area contributed by atoms with E-state index in [4.69, 9.17) is 14.2 Å². The molecule has 1 atom stereocenters. The van der Waals surface area contributed by atoms with Crippen LogP contribution >= 0.6 is 27.3 Å². The van der Waals surface area contributed by atoms with Gasteiger partial charge in [0, 0.05) is 21.5 Å². The van der Waals surface area contributed by atoms with Crippen LogP contribution in [0.1, 0.15) is 42.4 Å². The van der Waals surface area contributed by atoms with Crippen molar-refractivity contribution in [3.05, 3.63) is 106 Å². The Bertz CT molecular complexity index is 1860. The van der Waals surface area contributed by atoms with Gasteiger partial charge in [0.25, 0.3) is 5.56 Å². The van der Waals surface area contributed by atoms with E-state index in [1.54, 1.807) is 44.8 Å². The molecule has 0 aliphatic carbocycles. The van der Waals surface area contributed by atoms with Crippen molar-refractivity contribution in [2.24, 2.45) is 4.99 Å². The molecule has 0 amide bonds. The Morgan fingerprint density at radius 3 is 2.41 bits per heavy atom. The lowest BCUT2D eigenvalue weighted by atomic mass is 9.95. The van der Waals surface area contributed by atoms with Gasteiger partial charge < -0.3 is 18.8 Å². The van der Waals surface area contributed by atoms with Gasteiger partial charge in [-0.15, -0.1) is 0 Å². The number of carbonyl (C=O) groups is 1. The zero-order valence-electron chi connectivity index (χ0n) is 23.6. The Kier molecular flexibility index (Phi) is 8.06. The third kappa shape index (κ3) is 5.17. The molecule has 8 nitrogen and oxygen atoms in total. The molecule has 1 aliphatic heterocycles. The van der Waals surface area contributed by atoms with E-state index < -0.39 is 12.0 Å². The first kappa shape index (κ1) is 28.6. The second kappa shape index (κ2) is 11.5. The summed E-state index contributed by atoms with van der Waals surface area (Å²) >= 11 is 4.79. The summed E-state index contributed by atoms with van der Waals surface area (Å²) in [4.78, 5) is 32.5. The average molecular weight is 637 g/mol. The van der Waals surface area contributed by atoms with Gasteiger partial charge in [0.15, 0.2) is 16.3 Å². The minimum absolute atomic E-state index is 0.201. The van der Waals surface area contributed by atoms with Gasteiger partial charge in [0.2, 0.25) is 0 Å². The molecular formula is C31H30BrN3O5S. The number of fused-ring (bicyclic) bond motifs is 1. The third-order valence-corrected chi connectivity index (χ3v) is 8.59. The normalized spacial score (nSPS) is 15.0. The maximum atomic E-state index is 14.1. The standard InChI is InChI=1S/C31H30BrN3O5S/c1-7-40-30(37)27-18(3)33-31-35(28(27)20-8-13-24(38-5)25(15-20)39-6)29(36)26(41-31)16-21-14-17(2)34(19(21)4)23-11-9-22(32)10-12-23/h8-16,28H,7H2,1-6H3/b26-16+/t28-/m1/s1. The Labute approximate surface area is 250 Å². The Hall–Kier alpha value is -3.89. The van der Waals surface area contributed by atoms with Crippen molar-refractivity contribution < 1.29 is 19.0 Å². The van der Waals surface area contributed by atoms with Crippen LogP contribution in [0, 0.1) is 13.8 Å². The first-order valence-electron chi connectivity index (χ1n) is 13.0. The monoisotopic (exact) mass is 635 g/mol. The van der Waals surface area contributed by atoms with Crippen LogP contribution in [0.25, 0.3) is 11.8 Å². The Balaban J connectivity index is 1.70. The lowest BCUT2D eigenvalue weighted by Gasteiger charge is -2.25. The van der Waals surface area contributed by atoms with Gasteiger partial charge in [-0.1, -0.05) is 33.3 Å². The summed E-state index contributed by atoms with van der Waals surface area (Å²) < 4.78 is 21.6. The van der Waals surface area contributed by atoms with Crippen LogP contribution in [0.3, 0.4) is 0 Å². The highest BCUT2D eigenvalue weighted by atomic mass is 79.9. The van der Waals surface area contributed by atoms with Crippen molar-refractivity contribution in [2.45, 2.75) is 33.7 Å². The molecule has 1 aliphatic rings. The molecule has 4 aromatic rings. The number of esters is 1. The van der Waals surface area contributed by atoms with Crippen LogP contribution in [0.15, 0.2) is 74.1 Å². The first-order valence-corrected chi connectivity index (χ1v) is 14.7. The van der Waals surface area contributed by atoms with Crippen LogP contribution in [0.4, 0.5) is 0 Å². The van der Waals surface area contributed by atoms with Gasteiger partial charge in [0.1, 0.15) is 0 Å². The molecule has 0 saturated carbocycles. The van der Waals surface area contributed by atoms with E-state index in [1.807, 2.05) is 50.3 Å². The Morgan fingerprint density at radius 1 is 1.05 bits per heavy atom. The van der Waals surface area contributed by atoms with E-state index >= 15 is 0 Å². The molecule has 0 radical (unpaired) electrons. The fourth-order valence-corrected chi connectivity index (χ4v) is 6.49. The van der Waals surface area contributed by atoms with Gasteiger partial charge >= 0.3 is 5.97 Å². The van der Waals surface area contributed by atoms with Crippen molar-refractivity contribution in [3.8, 4) is 17.2 Å². The number of halogens is 1. The molecule has 0 fully saturated rings. The number of carbonyl (C=O) groups excluding carboxylic acids is 1. The van der Waals surface area contributed by atoms with Crippen molar-refractivity contribution in [1.29, 1.82) is 0 Å². The number of thiazole rings is 1. The number of aryl methyl sites for hydroxylation is 1. The number of nitrogens with zero attached hydrogens (tertiary/aromatic N) is 3. The number of benzene rings is 2. The van der Waals surface area contributed by atoms with E-state index in [1.165, 1.54) is 11.3 Å². The van der Waals surface area contributed by atoms with Crippen molar-refractivity contribution in [3.63, 3.8) is 0 Å². The fourth-order valence-electron chi connectivity index (χ4n) is 5.19. The van der Waals surface area contributed by atoms with Crippen LogP contribution in [-0.4, -0.2) is 35.9 Å². The molecule has 2 aromatic carbocycles. The van der Waals surface area contributed by atoms with E-state index in [9.17, 15) is 9.59 Å². The average Bonchev–Trinajstić information content (AvgIpc) is 3.41. The molecule has 0 spiro atoms. The van der Waals surface area contributed by atoms with E-state index in [2.05, 4.69) is 31.6 Å². The number of hydrogen-bond acceptors (Lipinski definition) is 7. The molecule has 212 valence electrons.